The maximum absolute atomic E-state index is 13.6. The van der Waals surface area contributed by atoms with E-state index in [2.05, 4.69) is 18.9 Å². The van der Waals surface area contributed by atoms with Gasteiger partial charge in [0, 0.05) is 61.0 Å². The Labute approximate surface area is 349 Å². The van der Waals surface area contributed by atoms with Gasteiger partial charge in [0.05, 0.1) is 33.6 Å². The molecule has 15 nitrogen and oxygen atoms in total. The van der Waals surface area contributed by atoms with Crippen LogP contribution in [-0.2, 0) is 46.1 Å². The molecular weight excluding hydrogens is 847 g/mol. The van der Waals surface area contributed by atoms with Crippen LogP contribution in [0.25, 0.3) is 21.9 Å². The topological polar surface area (TPSA) is 227 Å². The number of anilines is 2. The quantitative estimate of drug-likeness (QED) is 0.0639. The molecule has 6 N–H and O–H groups in total. The first-order chi connectivity index (χ1) is 27.8. The molecule has 0 fully saturated rings. The molecule has 2 aromatic heterocycles. The smallest absolute Gasteiger partial charge is 0.340 e. The highest BCUT2D eigenvalue weighted by Crippen LogP contribution is 2.40. The largest absolute Gasteiger partial charge is 0.454 e. The van der Waals surface area contributed by atoms with Gasteiger partial charge in [-0.15, -0.1) is 0 Å². The van der Waals surface area contributed by atoms with Crippen molar-refractivity contribution in [2.45, 2.75) is 51.7 Å². The average molecular weight is 888 g/mol. The van der Waals surface area contributed by atoms with Gasteiger partial charge in [-0.25, -0.2) is 19.0 Å². The van der Waals surface area contributed by atoms with Gasteiger partial charge < -0.3 is 23.8 Å². The van der Waals surface area contributed by atoms with E-state index < -0.39 is 43.9 Å². The van der Waals surface area contributed by atoms with Crippen molar-refractivity contribution in [2.75, 3.05) is 23.5 Å². The number of hydrogen-bond acceptors (Lipinski definition) is 11. The normalized spacial score (nSPS) is 13.1. The van der Waals surface area contributed by atoms with Gasteiger partial charge in [0.2, 0.25) is 0 Å². The van der Waals surface area contributed by atoms with Crippen LogP contribution in [-0.4, -0.2) is 53.4 Å². The number of nitrogens with one attached hydrogen (secondary N) is 4. The zero-order chi connectivity index (χ0) is 42.8. The van der Waals surface area contributed by atoms with Crippen LogP contribution >= 0.6 is 23.2 Å². The summed E-state index contributed by atoms with van der Waals surface area (Å²) in [7, 11) is -5.04. The van der Waals surface area contributed by atoms with Crippen molar-refractivity contribution >= 4 is 76.9 Å². The fraction of sp³-hybridized carbons (Fsp3) is 0.250. The molecule has 59 heavy (non-hydrogen) atoms. The van der Waals surface area contributed by atoms with Crippen molar-refractivity contribution in [3.8, 4) is 11.5 Å². The van der Waals surface area contributed by atoms with Crippen LogP contribution in [0.1, 0.15) is 47.2 Å². The monoisotopic (exact) mass is 886 g/mol. The zero-order valence-electron chi connectivity index (χ0n) is 32.1. The first kappa shape index (κ1) is 43.6. The van der Waals surface area contributed by atoms with Gasteiger partial charge in [-0.2, -0.15) is 16.8 Å². The van der Waals surface area contributed by atoms with Crippen LogP contribution in [0.3, 0.4) is 0 Å². The molecule has 0 spiro atoms. The number of benzene rings is 4. The zero-order valence-corrected chi connectivity index (χ0v) is 35.2. The minimum Gasteiger partial charge on any atom is -0.454 e. The molecule has 0 aliphatic heterocycles. The van der Waals surface area contributed by atoms with E-state index in [1.807, 2.05) is 0 Å². The summed E-state index contributed by atoms with van der Waals surface area (Å²) in [5.41, 5.74) is 1.96. The third kappa shape index (κ3) is 10.4. The van der Waals surface area contributed by atoms with Gasteiger partial charge in [-0.1, -0.05) is 47.5 Å². The van der Waals surface area contributed by atoms with Gasteiger partial charge in [-0.3, -0.25) is 9.44 Å². The van der Waals surface area contributed by atoms with Gasteiger partial charge in [-0.05, 0) is 85.3 Å². The predicted octanol–water partition coefficient (Wildman–Crippen LogP) is 5.78. The van der Waals surface area contributed by atoms with E-state index in [0.29, 0.717) is 33.0 Å². The van der Waals surface area contributed by atoms with Crippen LogP contribution in [0.4, 0.5) is 11.4 Å². The molecule has 312 valence electrons. The molecule has 4 aromatic carbocycles. The summed E-state index contributed by atoms with van der Waals surface area (Å²) in [5.74, 6) is 0.0848. The molecule has 0 aliphatic carbocycles. The lowest BCUT2D eigenvalue weighted by Gasteiger charge is -2.17. The van der Waals surface area contributed by atoms with E-state index in [-0.39, 0.29) is 80.9 Å². The molecule has 2 atom stereocenters. The Kier molecular flexibility index (Phi) is 13.1. The molecule has 0 aliphatic rings. The fourth-order valence-corrected chi connectivity index (χ4v) is 8.09. The standard InChI is InChI=1S/C40H40Cl2N4O11S2/c1-21(47)11-27-29-17-33(41)37(19-35(29)56-39(49)31(27)15-23-7-5-9-25(13-23)45-58(51,52)43-3)55-38-20-36-30(18-34(38)42)28(12-22(2)48)32(40(50)57-36)16-24-8-6-10-26(14-24)46-59(53,54)44-4/h5-10,13-14,17-22,43-48H,11-12,15-16H2,1-4H3. The molecule has 0 radical (unpaired) electrons. The second-order valence-corrected chi connectivity index (χ2v) is 17.9. The molecule has 6 aromatic rings. The number of fused-ring (bicyclic) bond motifs is 2. The van der Waals surface area contributed by atoms with Crippen molar-refractivity contribution in [1.82, 2.24) is 9.44 Å². The van der Waals surface area contributed by atoms with Crippen LogP contribution in [0, 0.1) is 0 Å². The SMILES string of the molecule is CNS(=O)(=O)Nc1cccc(Cc2c(CC(C)O)c3cc(Cl)c(Oc4cc5oc(=O)c(Cc6cccc(NS(=O)(=O)NC)c6)c(CC(C)O)c5cc4Cl)cc3oc2=O)c1. The minimum absolute atomic E-state index is 0.0424. The second-order valence-electron chi connectivity index (χ2n) is 13.8. The second kappa shape index (κ2) is 17.7. The van der Waals surface area contributed by atoms with Gasteiger partial charge in [0.25, 0.3) is 20.4 Å². The Morgan fingerprint density at radius 2 is 1.02 bits per heavy atom. The summed E-state index contributed by atoms with van der Waals surface area (Å²) in [6, 6.07) is 18.9. The number of rotatable bonds is 16. The molecule has 6 rings (SSSR count). The molecule has 0 saturated carbocycles. The lowest BCUT2D eigenvalue weighted by atomic mass is 9.94. The van der Waals surface area contributed by atoms with E-state index in [9.17, 15) is 36.6 Å². The van der Waals surface area contributed by atoms with Gasteiger partial charge in [0.1, 0.15) is 22.7 Å². The fourth-order valence-electron chi connectivity index (χ4n) is 6.60. The van der Waals surface area contributed by atoms with Crippen LogP contribution in [0.5, 0.6) is 11.5 Å². The third-order valence-electron chi connectivity index (χ3n) is 9.22. The Bertz CT molecular complexity index is 2720. The Balaban J connectivity index is 1.37. The van der Waals surface area contributed by atoms with E-state index in [0.717, 1.165) is 0 Å². The van der Waals surface area contributed by atoms with E-state index in [1.165, 1.54) is 38.4 Å². The van der Waals surface area contributed by atoms with Crippen molar-refractivity contribution in [1.29, 1.82) is 0 Å². The van der Waals surface area contributed by atoms with Crippen molar-refractivity contribution in [3.63, 3.8) is 0 Å². The molecular formula is C40H40Cl2N4O11S2. The average Bonchev–Trinajstić information content (AvgIpc) is 3.15. The third-order valence-corrected chi connectivity index (χ3v) is 11.9. The first-order valence-corrected chi connectivity index (χ1v) is 21.8. The lowest BCUT2D eigenvalue weighted by molar-refractivity contribution is 0.195. The predicted molar refractivity (Wildman–Crippen MR) is 228 cm³/mol. The number of ether oxygens (including phenoxy) is 1. The van der Waals surface area contributed by atoms with Crippen LogP contribution in [0.2, 0.25) is 10.0 Å². The molecule has 2 unspecified atom stereocenters. The van der Waals surface area contributed by atoms with Crippen LogP contribution in [0.15, 0.2) is 91.2 Å². The Morgan fingerprint density at radius 1 is 0.627 bits per heavy atom. The summed E-state index contributed by atoms with van der Waals surface area (Å²) in [6.07, 6.45) is -1.51. The highest BCUT2D eigenvalue weighted by Gasteiger charge is 2.23. The number of halogens is 2. The van der Waals surface area contributed by atoms with E-state index in [4.69, 9.17) is 36.8 Å². The van der Waals surface area contributed by atoms with E-state index >= 15 is 0 Å². The number of hydrogen-bond donors (Lipinski definition) is 6. The summed E-state index contributed by atoms with van der Waals surface area (Å²) >= 11 is 13.6. The Morgan fingerprint density at radius 3 is 1.37 bits per heavy atom. The summed E-state index contributed by atoms with van der Waals surface area (Å²) in [5, 5.41) is 22.0. The van der Waals surface area contributed by atoms with Gasteiger partial charge >= 0.3 is 11.3 Å². The molecule has 0 amide bonds. The van der Waals surface area contributed by atoms with Crippen molar-refractivity contribution < 1.29 is 40.6 Å². The molecule has 0 saturated heterocycles. The van der Waals surface area contributed by atoms with E-state index in [1.54, 1.807) is 62.4 Å². The lowest BCUT2D eigenvalue weighted by Crippen LogP contribution is -2.26. The first-order valence-electron chi connectivity index (χ1n) is 18.1. The van der Waals surface area contributed by atoms with Crippen molar-refractivity contribution in [3.05, 3.63) is 137 Å². The summed E-state index contributed by atoms with van der Waals surface area (Å²) in [4.78, 5) is 27.1. The van der Waals surface area contributed by atoms with Crippen LogP contribution < -0.4 is 34.9 Å². The Hall–Kier alpha value is -4.98. The summed E-state index contributed by atoms with van der Waals surface area (Å²) in [6.45, 7) is 3.14. The van der Waals surface area contributed by atoms with Crippen molar-refractivity contribution in [2.24, 2.45) is 0 Å². The highest BCUT2D eigenvalue weighted by molar-refractivity contribution is 7.91. The molecule has 0 bridgehead atoms. The highest BCUT2D eigenvalue weighted by atomic mass is 35.5. The minimum atomic E-state index is -3.79. The summed E-state index contributed by atoms with van der Waals surface area (Å²) < 4.78 is 75.0. The number of aliphatic hydroxyl groups is 2. The molecule has 19 heteroatoms. The maximum Gasteiger partial charge on any atom is 0.340 e. The maximum atomic E-state index is 13.6. The number of aliphatic hydroxyl groups excluding tert-OH is 2. The van der Waals surface area contributed by atoms with Gasteiger partial charge in [0.15, 0.2) is 0 Å². The molecule has 2 heterocycles.